The number of aryl methyl sites for hydroxylation is 1. The van der Waals surface area contributed by atoms with Gasteiger partial charge in [-0.2, -0.15) is 0 Å². The van der Waals surface area contributed by atoms with Crippen LogP contribution in [0, 0.1) is 5.41 Å². The fourth-order valence-corrected chi connectivity index (χ4v) is 3.92. The predicted molar refractivity (Wildman–Crippen MR) is 99.5 cm³/mol. The summed E-state index contributed by atoms with van der Waals surface area (Å²) < 4.78 is 2.09. The Morgan fingerprint density at radius 1 is 0.917 bits per heavy atom. The van der Waals surface area contributed by atoms with Gasteiger partial charge in [0, 0.05) is 28.4 Å². The summed E-state index contributed by atoms with van der Waals surface area (Å²) in [5.74, 6) is 0. The molecule has 3 aromatic rings. The van der Waals surface area contributed by atoms with Gasteiger partial charge in [-0.25, -0.2) is 0 Å². The molecule has 2 heterocycles. The summed E-state index contributed by atoms with van der Waals surface area (Å²) >= 11 is 12.5. The third-order valence-electron chi connectivity index (χ3n) is 4.53. The van der Waals surface area contributed by atoms with Crippen LogP contribution >= 0.6 is 23.2 Å². The third kappa shape index (κ3) is 2.56. The number of halogens is 2. The molecule has 0 radical (unpaired) electrons. The van der Waals surface area contributed by atoms with E-state index in [-0.39, 0.29) is 0 Å². The van der Waals surface area contributed by atoms with Gasteiger partial charge in [0.25, 0.3) is 0 Å². The lowest BCUT2D eigenvalue weighted by Crippen LogP contribution is -2.22. The molecule has 120 valence electrons. The summed E-state index contributed by atoms with van der Waals surface area (Å²) in [7, 11) is 0. The van der Waals surface area contributed by atoms with Crippen LogP contribution in [0.3, 0.4) is 0 Å². The number of fused-ring (bicyclic) bond motifs is 1. The smallest absolute Gasteiger partial charge is 0.133 e. The first-order chi connectivity index (χ1) is 11.6. The molecule has 2 aromatic carbocycles. The molecule has 4 heteroatoms. The maximum Gasteiger partial charge on any atom is 0.133 e. The molecule has 0 aliphatic carbocycles. The largest absolute Gasteiger partial charge is 0.330 e. The standard InChI is InChI=1S/C20H16Cl2N2/c21-14-8-9-16(18(22)11-14)19-17(13-5-2-1-3-6-13)12-15-7-4-10-24(15)20(19)23/h1-3,5-6,8-9,11-12,23H,4,7,10H2. The van der Waals surface area contributed by atoms with Crippen molar-refractivity contribution in [3.05, 3.63) is 75.8 Å². The van der Waals surface area contributed by atoms with Gasteiger partial charge in [-0.05, 0) is 42.2 Å². The van der Waals surface area contributed by atoms with E-state index in [2.05, 4.69) is 22.8 Å². The molecule has 0 unspecified atom stereocenters. The average Bonchev–Trinajstić information content (AvgIpc) is 3.05. The van der Waals surface area contributed by atoms with Gasteiger partial charge in [0.1, 0.15) is 5.49 Å². The molecule has 24 heavy (non-hydrogen) atoms. The van der Waals surface area contributed by atoms with Crippen LogP contribution in [0.2, 0.25) is 10.0 Å². The summed E-state index contributed by atoms with van der Waals surface area (Å²) in [6.45, 7) is 0.890. The van der Waals surface area contributed by atoms with Gasteiger partial charge in [-0.15, -0.1) is 0 Å². The first-order valence-electron chi connectivity index (χ1n) is 7.97. The number of hydrogen-bond donors (Lipinski definition) is 1. The highest BCUT2D eigenvalue weighted by Gasteiger charge is 2.20. The van der Waals surface area contributed by atoms with Crippen LogP contribution in [-0.4, -0.2) is 4.57 Å². The molecule has 0 saturated carbocycles. The minimum atomic E-state index is 0.521. The third-order valence-corrected chi connectivity index (χ3v) is 5.08. The predicted octanol–water partition coefficient (Wildman–Crippen LogP) is 5.55. The second kappa shape index (κ2) is 6.12. The van der Waals surface area contributed by atoms with E-state index < -0.39 is 0 Å². The molecule has 2 nitrogen and oxygen atoms in total. The maximum atomic E-state index is 8.78. The number of nitrogens with one attached hydrogen (secondary N) is 1. The zero-order chi connectivity index (χ0) is 16.7. The van der Waals surface area contributed by atoms with E-state index in [9.17, 15) is 0 Å². The number of benzene rings is 2. The lowest BCUT2D eigenvalue weighted by Gasteiger charge is -2.16. The fourth-order valence-electron chi connectivity index (χ4n) is 3.41. The van der Waals surface area contributed by atoms with Crippen molar-refractivity contribution in [2.45, 2.75) is 19.4 Å². The van der Waals surface area contributed by atoms with Crippen molar-refractivity contribution in [1.29, 1.82) is 5.41 Å². The molecule has 0 bridgehead atoms. The molecule has 0 saturated heterocycles. The van der Waals surface area contributed by atoms with E-state index in [1.807, 2.05) is 30.3 Å². The highest BCUT2D eigenvalue weighted by molar-refractivity contribution is 6.36. The quantitative estimate of drug-likeness (QED) is 0.624. The lowest BCUT2D eigenvalue weighted by molar-refractivity contribution is 0.702. The Hall–Kier alpha value is -2.03. The molecule has 1 N–H and O–H groups in total. The Labute approximate surface area is 150 Å². The molecule has 0 spiro atoms. The van der Waals surface area contributed by atoms with E-state index in [0.717, 1.165) is 41.6 Å². The second-order valence-corrected chi connectivity index (χ2v) is 6.86. The van der Waals surface area contributed by atoms with Crippen LogP contribution in [0.5, 0.6) is 0 Å². The van der Waals surface area contributed by atoms with Gasteiger partial charge in [-0.1, -0.05) is 59.6 Å². The van der Waals surface area contributed by atoms with E-state index in [1.165, 1.54) is 5.69 Å². The van der Waals surface area contributed by atoms with Crippen molar-refractivity contribution in [2.75, 3.05) is 0 Å². The molecular formula is C20H16Cl2N2. The molecule has 1 aliphatic rings. The SMILES string of the molecule is N=c1c(-c2ccc(Cl)cc2Cl)c(-c2ccccc2)cc2n1CCC2. The molecule has 1 aromatic heterocycles. The Bertz CT molecular complexity index is 975. The molecule has 1 aliphatic heterocycles. The lowest BCUT2D eigenvalue weighted by atomic mass is 9.95. The van der Waals surface area contributed by atoms with E-state index in [0.29, 0.717) is 15.5 Å². The fraction of sp³-hybridized carbons (Fsp3) is 0.150. The number of rotatable bonds is 2. The van der Waals surface area contributed by atoms with E-state index >= 15 is 0 Å². The van der Waals surface area contributed by atoms with Crippen molar-refractivity contribution >= 4 is 23.2 Å². The second-order valence-electron chi connectivity index (χ2n) is 6.02. The maximum absolute atomic E-state index is 8.78. The highest BCUT2D eigenvalue weighted by atomic mass is 35.5. The van der Waals surface area contributed by atoms with Crippen molar-refractivity contribution in [3.8, 4) is 22.3 Å². The summed E-state index contributed by atoms with van der Waals surface area (Å²) in [4.78, 5) is 0. The zero-order valence-corrected chi connectivity index (χ0v) is 14.5. The molecular weight excluding hydrogens is 339 g/mol. The summed E-state index contributed by atoms with van der Waals surface area (Å²) in [5.41, 5.74) is 5.61. The minimum absolute atomic E-state index is 0.521. The molecule has 0 fully saturated rings. The Kier molecular flexibility index (Phi) is 3.95. The number of nitrogens with zero attached hydrogens (tertiary/aromatic N) is 1. The Balaban J connectivity index is 2.06. The Morgan fingerprint density at radius 2 is 1.71 bits per heavy atom. The normalized spacial score (nSPS) is 13.1. The van der Waals surface area contributed by atoms with Gasteiger partial charge >= 0.3 is 0 Å². The topological polar surface area (TPSA) is 28.8 Å². The van der Waals surface area contributed by atoms with E-state index in [4.69, 9.17) is 28.6 Å². The Morgan fingerprint density at radius 3 is 2.46 bits per heavy atom. The summed E-state index contributed by atoms with van der Waals surface area (Å²) in [6, 6.07) is 17.9. The van der Waals surface area contributed by atoms with Crippen LogP contribution < -0.4 is 5.49 Å². The highest BCUT2D eigenvalue weighted by Crippen LogP contribution is 2.36. The molecule has 0 atom stereocenters. The van der Waals surface area contributed by atoms with Crippen LogP contribution in [0.4, 0.5) is 0 Å². The monoisotopic (exact) mass is 354 g/mol. The van der Waals surface area contributed by atoms with Gasteiger partial charge in [0.2, 0.25) is 0 Å². The van der Waals surface area contributed by atoms with Crippen molar-refractivity contribution in [3.63, 3.8) is 0 Å². The van der Waals surface area contributed by atoms with Crippen molar-refractivity contribution < 1.29 is 0 Å². The van der Waals surface area contributed by atoms with Gasteiger partial charge in [0.15, 0.2) is 0 Å². The first-order valence-corrected chi connectivity index (χ1v) is 8.73. The van der Waals surface area contributed by atoms with E-state index in [1.54, 1.807) is 6.07 Å². The van der Waals surface area contributed by atoms with Crippen molar-refractivity contribution in [1.82, 2.24) is 4.57 Å². The van der Waals surface area contributed by atoms with Crippen LogP contribution in [0.15, 0.2) is 54.6 Å². The minimum Gasteiger partial charge on any atom is -0.330 e. The molecule has 0 amide bonds. The van der Waals surface area contributed by atoms with Gasteiger partial charge in [0.05, 0.1) is 5.02 Å². The number of pyridine rings is 1. The number of hydrogen-bond acceptors (Lipinski definition) is 1. The van der Waals surface area contributed by atoms with Crippen molar-refractivity contribution in [2.24, 2.45) is 0 Å². The summed E-state index contributed by atoms with van der Waals surface area (Å²) in [5, 5.41) is 9.95. The van der Waals surface area contributed by atoms with Gasteiger partial charge in [-0.3, -0.25) is 5.41 Å². The number of aromatic nitrogens is 1. The summed E-state index contributed by atoms with van der Waals surface area (Å²) in [6.07, 6.45) is 2.10. The zero-order valence-electron chi connectivity index (χ0n) is 13.0. The van der Waals surface area contributed by atoms with Crippen LogP contribution in [0.25, 0.3) is 22.3 Å². The first kappa shape index (κ1) is 15.5. The van der Waals surface area contributed by atoms with Crippen LogP contribution in [0.1, 0.15) is 12.1 Å². The molecule has 4 rings (SSSR count). The average molecular weight is 355 g/mol. The van der Waals surface area contributed by atoms with Crippen LogP contribution in [-0.2, 0) is 13.0 Å². The van der Waals surface area contributed by atoms with Gasteiger partial charge < -0.3 is 4.57 Å².